The summed E-state index contributed by atoms with van der Waals surface area (Å²) in [5.74, 6) is -6.17. The Morgan fingerprint density at radius 1 is 1.00 bits per heavy atom. The fourth-order valence-electron chi connectivity index (χ4n) is 3.68. The number of carbonyl (C=O) groups excluding carboxylic acids is 1. The summed E-state index contributed by atoms with van der Waals surface area (Å²) in [5.41, 5.74) is 2.98. The second kappa shape index (κ2) is 10.7. The van der Waals surface area contributed by atoms with Crippen LogP contribution in [0.2, 0.25) is 5.02 Å². The quantitative estimate of drug-likeness (QED) is 0.260. The van der Waals surface area contributed by atoms with Crippen LogP contribution in [-0.4, -0.2) is 27.4 Å². The summed E-state index contributed by atoms with van der Waals surface area (Å²) in [6.45, 7) is 4.29. The molecule has 36 heavy (non-hydrogen) atoms. The summed E-state index contributed by atoms with van der Waals surface area (Å²) in [5, 5.41) is 10.1. The van der Waals surface area contributed by atoms with Crippen molar-refractivity contribution in [1.82, 2.24) is 9.88 Å². The minimum absolute atomic E-state index is 0.0347. The highest BCUT2D eigenvalue weighted by Crippen LogP contribution is 2.36. The highest BCUT2D eigenvalue weighted by Gasteiger charge is 2.26. The topological polar surface area (TPSA) is 53.4 Å². The van der Waals surface area contributed by atoms with Crippen LogP contribution in [0.25, 0.3) is 10.6 Å². The zero-order chi connectivity index (χ0) is 26.0. The standard InChI is InChI=1S/C27H22ClF3N2O2S/c1-15-3-5-17(6-4-15)11-12-33(14-18-7-9-19(28)10-8-18)27(35)25-16(2)32-26(36-25)20-13-21(29)23(31)24(34)22(20)30/h3-10,13,34H,11-12,14H2,1-2H3. The first kappa shape index (κ1) is 25.7. The molecule has 1 heterocycles. The van der Waals surface area contributed by atoms with Crippen molar-refractivity contribution >= 4 is 28.8 Å². The first-order valence-electron chi connectivity index (χ1n) is 11.1. The van der Waals surface area contributed by atoms with Gasteiger partial charge in [0.1, 0.15) is 9.88 Å². The second-order valence-electron chi connectivity index (χ2n) is 8.40. The maximum absolute atomic E-state index is 14.5. The van der Waals surface area contributed by atoms with E-state index in [1.165, 1.54) is 0 Å². The van der Waals surface area contributed by atoms with Gasteiger partial charge in [0.05, 0.1) is 11.3 Å². The lowest BCUT2D eigenvalue weighted by Crippen LogP contribution is -2.32. The maximum Gasteiger partial charge on any atom is 0.266 e. The average Bonchev–Trinajstić information content (AvgIpc) is 3.25. The first-order valence-corrected chi connectivity index (χ1v) is 12.3. The Morgan fingerprint density at radius 2 is 1.64 bits per heavy atom. The monoisotopic (exact) mass is 530 g/mol. The third-order valence-electron chi connectivity index (χ3n) is 5.72. The van der Waals surface area contributed by atoms with Crippen LogP contribution in [0.4, 0.5) is 13.2 Å². The van der Waals surface area contributed by atoms with Crippen LogP contribution in [0.5, 0.6) is 5.75 Å². The van der Waals surface area contributed by atoms with E-state index in [0.29, 0.717) is 36.3 Å². The summed E-state index contributed by atoms with van der Waals surface area (Å²) < 4.78 is 41.9. The molecule has 0 atom stereocenters. The van der Waals surface area contributed by atoms with Crippen molar-refractivity contribution in [2.45, 2.75) is 26.8 Å². The van der Waals surface area contributed by atoms with Gasteiger partial charge < -0.3 is 10.0 Å². The number of thiazole rings is 1. The second-order valence-corrected chi connectivity index (χ2v) is 9.84. The van der Waals surface area contributed by atoms with Crippen molar-refractivity contribution in [3.63, 3.8) is 0 Å². The number of carbonyl (C=O) groups is 1. The lowest BCUT2D eigenvalue weighted by atomic mass is 10.1. The molecule has 0 fully saturated rings. The van der Waals surface area contributed by atoms with Gasteiger partial charge in [-0.1, -0.05) is 53.6 Å². The normalized spacial score (nSPS) is 11.1. The molecule has 1 amide bonds. The van der Waals surface area contributed by atoms with Gasteiger partial charge in [-0.25, -0.2) is 13.8 Å². The van der Waals surface area contributed by atoms with Gasteiger partial charge in [0.2, 0.25) is 5.82 Å². The fraction of sp³-hybridized carbons (Fsp3) is 0.185. The summed E-state index contributed by atoms with van der Waals surface area (Å²) in [4.78, 5) is 19.7. The van der Waals surface area contributed by atoms with E-state index in [1.807, 2.05) is 43.3 Å². The molecule has 0 bridgehead atoms. The third-order valence-corrected chi connectivity index (χ3v) is 7.15. The average molecular weight is 531 g/mol. The molecule has 1 aromatic heterocycles. The molecule has 0 spiro atoms. The number of phenolic OH excluding ortho intramolecular Hbond substituents is 1. The molecular weight excluding hydrogens is 509 g/mol. The predicted octanol–water partition coefficient (Wildman–Crippen LogP) is 7.09. The van der Waals surface area contributed by atoms with Crippen molar-refractivity contribution in [1.29, 1.82) is 0 Å². The molecular formula is C27H22ClF3N2O2S. The van der Waals surface area contributed by atoms with Gasteiger partial charge >= 0.3 is 0 Å². The van der Waals surface area contributed by atoms with Crippen molar-refractivity contribution in [2.24, 2.45) is 0 Å². The van der Waals surface area contributed by atoms with Crippen molar-refractivity contribution in [3.8, 4) is 16.3 Å². The van der Waals surface area contributed by atoms with Gasteiger partial charge in [0.25, 0.3) is 5.91 Å². The van der Waals surface area contributed by atoms with E-state index in [0.717, 1.165) is 28.0 Å². The van der Waals surface area contributed by atoms with Crippen LogP contribution in [0.1, 0.15) is 32.1 Å². The number of halogens is 4. The highest BCUT2D eigenvalue weighted by molar-refractivity contribution is 7.17. The lowest BCUT2D eigenvalue weighted by molar-refractivity contribution is 0.0749. The Hall–Kier alpha value is -3.36. The van der Waals surface area contributed by atoms with Gasteiger partial charge in [0.15, 0.2) is 17.4 Å². The van der Waals surface area contributed by atoms with Gasteiger partial charge in [-0.2, -0.15) is 4.39 Å². The Labute approximate surface area is 215 Å². The van der Waals surface area contributed by atoms with E-state index in [4.69, 9.17) is 11.6 Å². The Morgan fingerprint density at radius 3 is 2.31 bits per heavy atom. The van der Waals surface area contributed by atoms with Crippen molar-refractivity contribution in [2.75, 3.05) is 6.54 Å². The number of aromatic hydroxyl groups is 1. The highest BCUT2D eigenvalue weighted by atomic mass is 35.5. The molecule has 9 heteroatoms. The molecule has 4 rings (SSSR count). The minimum atomic E-state index is -1.67. The molecule has 1 N–H and O–H groups in total. The number of hydrogen-bond acceptors (Lipinski definition) is 4. The number of phenols is 1. The van der Waals surface area contributed by atoms with E-state index in [9.17, 15) is 23.1 Å². The summed E-state index contributed by atoms with van der Waals surface area (Å²) in [6.07, 6.45) is 0.607. The number of hydrogen-bond donors (Lipinski definition) is 1. The number of nitrogens with zero attached hydrogens (tertiary/aromatic N) is 2. The third kappa shape index (κ3) is 5.55. The van der Waals surface area contributed by atoms with Gasteiger partial charge in [0, 0.05) is 18.1 Å². The Balaban J connectivity index is 1.65. The molecule has 186 valence electrons. The molecule has 3 aromatic carbocycles. The molecule has 0 unspecified atom stereocenters. The molecule has 4 aromatic rings. The van der Waals surface area contributed by atoms with Gasteiger partial charge in [-0.05, 0) is 49.6 Å². The van der Waals surface area contributed by atoms with Crippen molar-refractivity contribution in [3.05, 3.63) is 104 Å². The predicted molar refractivity (Wildman–Crippen MR) is 135 cm³/mol. The van der Waals surface area contributed by atoms with Crippen LogP contribution in [0.3, 0.4) is 0 Å². The smallest absolute Gasteiger partial charge is 0.266 e. The van der Waals surface area contributed by atoms with Gasteiger partial charge in [-0.3, -0.25) is 4.79 Å². The summed E-state index contributed by atoms with van der Waals surface area (Å²) >= 11 is 6.86. The summed E-state index contributed by atoms with van der Waals surface area (Å²) in [6, 6.07) is 15.8. The molecule has 4 nitrogen and oxygen atoms in total. The number of rotatable bonds is 7. The Kier molecular flexibility index (Phi) is 7.66. The molecule has 0 saturated carbocycles. The molecule has 0 aliphatic carbocycles. The fourth-order valence-corrected chi connectivity index (χ4v) is 4.85. The SMILES string of the molecule is Cc1ccc(CCN(Cc2ccc(Cl)cc2)C(=O)c2sc(-c3cc(F)c(F)c(O)c3F)nc2C)cc1. The van der Waals surface area contributed by atoms with Crippen LogP contribution in [0, 0.1) is 31.3 Å². The van der Waals surface area contributed by atoms with E-state index in [1.54, 1.807) is 24.0 Å². The number of aryl methyl sites for hydroxylation is 2. The van der Waals surface area contributed by atoms with Crippen LogP contribution in [0.15, 0.2) is 54.6 Å². The van der Waals surface area contributed by atoms with Gasteiger partial charge in [-0.15, -0.1) is 11.3 Å². The van der Waals surface area contributed by atoms with Crippen molar-refractivity contribution < 1.29 is 23.1 Å². The van der Waals surface area contributed by atoms with Crippen LogP contribution in [-0.2, 0) is 13.0 Å². The molecule has 0 aliphatic heterocycles. The van der Waals surface area contributed by atoms with Crippen LogP contribution >= 0.6 is 22.9 Å². The number of amides is 1. The zero-order valence-electron chi connectivity index (χ0n) is 19.5. The van der Waals surface area contributed by atoms with E-state index >= 15 is 0 Å². The van der Waals surface area contributed by atoms with E-state index < -0.39 is 28.8 Å². The Bertz CT molecular complexity index is 1410. The molecule has 0 radical (unpaired) electrons. The minimum Gasteiger partial charge on any atom is -0.503 e. The van der Waals surface area contributed by atoms with Crippen LogP contribution < -0.4 is 0 Å². The van der Waals surface area contributed by atoms with E-state index in [-0.39, 0.29) is 15.8 Å². The lowest BCUT2D eigenvalue weighted by Gasteiger charge is -2.23. The maximum atomic E-state index is 14.5. The summed E-state index contributed by atoms with van der Waals surface area (Å²) in [7, 11) is 0. The first-order chi connectivity index (χ1) is 17.1. The largest absolute Gasteiger partial charge is 0.503 e. The zero-order valence-corrected chi connectivity index (χ0v) is 21.1. The van der Waals surface area contributed by atoms with E-state index in [2.05, 4.69) is 4.98 Å². The number of benzene rings is 3. The number of aromatic nitrogens is 1. The molecule has 0 saturated heterocycles. The molecule has 0 aliphatic rings.